The van der Waals surface area contributed by atoms with E-state index in [-0.39, 0.29) is 53.5 Å². The first-order valence-electron chi connectivity index (χ1n) is 20.0. The summed E-state index contributed by atoms with van der Waals surface area (Å²) >= 11 is 0. The second-order valence-electron chi connectivity index (χ2n) is 16.1. The van der Waals surface area contributed by atoms with Crippen LogP contribution >= 0.6 is 0 Å². The summed E-state index contributed by atoms with van der Waals surface area (Å²) in [5.74, 6) is -1.56. The number of hydrogen-bond donors (Lipinski definition) is 2. The van der Waals surface area contributed by atoms with Crippen molar-refractivity contribution in [2.24, 2.45) is 5.92 Å². The number of nitrogen functional groups attached to an aromatic ring is 1. The number of carbonyl (C=O) groups excluding carboxylic acids is 4. The zero-order chi connectivity index (χ0) is 41.1. The van der Waals surface area contributed by atoms with Crippen LogP contribution < -0.4 is 20.7 Å². The number of benzene rings is 3. The Bertz CT molecular complexity index is 2470. The van der Waals surface area contributed by atoms with E-state index >= 15 is 8.78 Å². The van der Waals surface area contributed by atoms with Crippen LogP contribution in [0.1, 0.15) is 72.7 Å². The largest absolute Gasteiger partial charge is 0.457 e. The lowest BCUT2D eigenvalue weighted by atomic mass is 9.84. The van der Waals surface area contributed by atoms with Gasteiger partial charge in [0.25, 0.3) is 11.8 Å². The summed E-state index contributed by atoms with van der Waals surface area (Å²) in [6, 6.07) is 17.4. The molecule has 3 aromatic carbocycles. The minimum Gasteiger partial charge on any atom is -0.457 e. The summed E-state index contributed by atoms with van der Waals surface area (Å²) in [5.41, 5.74) is 8.33. The van der Waals surface area contributed by atoms with Gasteiger partial charge in [0, 0.05) is 43.7 Å². The van der Waals surface area contributed by atoms with Gasteiger partial charge in [0.15, 0.2) is 5.65 Å². The SMILES string of the molecule is CC1CN(CC2CCC(n3nc(-c4ccc(Oc5ccccc5)cc4)c4c(N)ncnc43)C(F)C2)CC(C)N1c1cc2c(cc1F)C(=O)N(C1CCC(=O)NC1=O)C2=O. The van der Waals surface area contributed by atoms with E-state index in [1.54, 1.807) is 4.68 Å². The number of para-hydroxylation sites is 1. The number of alkyl halides is 1. The van der Waals surface area contributed by atoms with Gasteiger partial charge in [0.2, 0.25) is 11.8 Å². The number of halogens is 2. The molecule has 3 aliphatic heterocycles. The van der Waals surface area contributed by atoms with E-state index in [0.717, 1.165) is 28.7 Å². The Morgan fingerprint density at radius 1 is 0.881 bits per heavy atom. The standard InChI is InChI=1S/C43H43F2N9O5/c1-23-19-51(20-24(2)52(23)35-18-30-29(17-32(35)45)42(57)53(43(30)58)34-14-15-36(55)49-41(34)56)21-25-8-13-33(31(44)16-25)54-40-37(39(46)47-22-48-40)38(50-54)26-9-11-28(12-10-26)59-27-6-4-3-5-7-27/h3-7,9-12,17-18,22-25,31,33-34H,8,13-16,19-21H2,1-2H3,(H2,46,47,48)(H,49,55,56). The topological polar surface area (TPSA) is 169 Å². The van der Waals surface area contributed by atoms with Gasteiger partial charge < -0.3 is 15.4 Å². The van der Waals surface area contributed by atoms with Crippen molar-refractivity contribution in [3.63, 3.8) is 0 Å². The van der Waals surface area contributed by atoms with Crippen LogP contribution in [0.2, 0.25) is 0 Å². The summed E-state index contributed by atoms with van der Waals surface area (Å²) in [5, 5.41) is 7.66. The highest BCUT2D eigenvalue weighted by Gasteiger charge is 2.46. The van der Waals surface area contributed by atoms with Crippen LogP contribution in [0.25, 0.3) is 22.3 Å². The van der Waals surface area contributed by atoms with Crippen molar-refractivity contribution >= 4 is 46.2 Å². The molecule has 3 fully saturated rings. The van der Waals surface area contributed by atoms with Gasteiger partial charge in [-0.2, -0.15) is 5.10 Å². The number of nitrogens with two attached hydrogens (primary N) is 1. The van der Waals surface area contributed by atoms with Crippen LogP contribution in [0.5, 0.6) is 11.5 Å². The molecule has 0 spiro atoms. The lowest BCUT2D eigenvalue weighted by Crippen LogP contribution is -2.58. The Kier molecular flexibility index (Phi) is 9.81. The third-order valence-electron chi connectivity index (χ3n) is 12.1. The molecule has 4 amide bonds. The number of hydrogen-bond acceptors (Lipinski definition) is 11. The van der Waals surface area contributed by atoms with E-state index in [1.807, 2.05) is 73.3 Å². The first-order valence-corrected chi connectivity index (χ1v) is 20.0. The molecule has 2 saturated heterocycles. The Morgan fingerprint density at radius 2 is 1.58 bits per heavy atom. The number of piperazine rings is 1. The zero-order valence-electron chi connectivity index (χ0n) is 32.6. The monoisotopic (exact) mass is 803 g/mol. The summed E-state index contributed by atoms with van der Waals surface area (Å²) in [6.45, 7) is 5.76. The number of aromatic nitrogens is 4. The van der Waals surface area contributed by atoms with Gasteiger partial charge in [-0.3, -0.25) is 34.3 Å². The van der Waals surface area contributed by atoms with Gasteiger partial charge in [0.1, 0.15) is 47.4 Å². The van der Waals surface area contributed by atoms with E-state index < -0.39 is 47.7 Å². The number of ether oxygens (including phenoxy) is 1. The Balaban J connectivity index is 0.866. The third kappa shape index (κ3) is 6.94. The maximum absolute atomic E-state index is 16.4. The van der Waals surface area contributed by atoms with Crippen molar-refractivity contribution in [3.8, 4) is 22.8 Å². The number of piperidine rings is 1. The smallest absolute Gasteiger partial charge is 0.262 e. The number of rotatable bonds is 8. The quantitative estimate of drug-likeness (QED) is 0.185. The zero-order valence-corrected chi connectivity index (χ0v) is 32.6. The molecule has 0 bridgehead atoms. The van der Waals surface area contributed by atoms with Gasteiger partial charge in [-0.15, -0.1) is 0 Å². The molecular formula is C43H43F2N9O5. The molecule has 16 heteroatoms. The van der Waals surface area contributed by atoms with Crippen molar-refractivity contribution in [1.82, 2.24) is 34.9 Å². The maximum Gasteiger partial charge on any atom is 0.262 e. The van der Waals surface area contributed by atoms with E-state index in [2.05, 4.69) is 20.2 Å². The van der Waals surface area contributed by atoms with Gasteiger partial charge in [0.05, 0.1) is 28.2 Å². The average Bonchev–Trinajstić information content (AvgIpc) is 3.70. The molecule has 1 aliphatic carbocycles. The molecule has 14 nitrogen and oxygen atoms in total. The molecule has 6 unspecified atom stereocenters. The summed E-state index contributed by atoms with van der Waals surface area (Å²) in [6.07, 6.45) is 1.82. The lowest BCUT2D eigenvalue weighted by molar-refractivity contribution is -0.136. The maximum atomic E-state index is 16.4. The first kappa shape index (κ1) is 38.2. The molecule has 2 aromatic heterocycles. The van der Waals surface area contributed by atoms with Crippen molar-refractivity contribution < 1.29 is 32.7 Å². The second kappa shape index (κ2) is 15.1. The Hall–Kier alpha value is -6.29. The first-order chi connectivity index (χ1) is 28.4. The van der Waals surface area contributed by atoms with Crippen LogP contribution in [0, 0.1) is 11.7 Å². The number of fused-ring (bicyclic) bond motifs is 2. The normalized spacial score (nSPS) is 25.1. The van der Waals surface area contributed by atoms with Gasteiger partial charge in [-0.25, -0.2) is 23.4 Å². The minimum absolute atomic E-state index is 0.00787. The summed E-state index contributed by atoms with van der Waals surface area (Å²) in [7, 11) is 0. The van der Waals surface area contributed by atoms with Gasteiger partial charge in [-0.1, -0.05) is 18.2 Å². The number of amides is 4. The molecule has 304 valence electrons. The van der Waals surface area contributed by atoms with Crippen molar-refractivity contribution in [1.29, 1.82) is 0 Å². The number of nitrogens with one attached hydrogen (secondary N) is 1. The second-order valence-corrected chi connectivity index (χ2v) is 16.1. The van der Waals surface area contributed by atoms with Crippen LogP contribution in [0.4, 0.5) is 20.3 Å². The lowest BCUT2D eigenvalue weighted by Gasteiger charge is -2.47. The molecule has 6 atom stereocenters. The number of imide groups is 2. The molecule has 1 saturated carbocycles. The minimum atomic E-state index is -1.20. The van der Waals surface area contributed by atoms with Crippen LogP contribution in [-0.2, 0) is 9.59 Å². The van der Waals surface area contributed by atoms with E-state index in [1.165, 1.54) is 12.4 Å². The Morgan fingerprint density at radius 3 is 2.27 bits per heavy atom. The van der Waals surface area contributed by atoms with E-state index in [4.69, 9.17) is 15.6 Å². The molecule has 5 aromatic rings. The summed E-state index contributed by atoms with van der Waals surface area (Å²) < 4.78 is 39.8. The molecule has 5 heterocycles. The van der Waals surface area contributed by atoms with E-state index in [0.29, 0.717) is 55.0 Å². The summed E-state index contributed by atoms with van der Waals surface area (Å²) in [4.78, 5) is 64.7. The number of carbonyl (C=O) groups is 4. The molecule has 4 aliphatic rings. The van der Waals surface area contributed by atoms with Crippen LogP contribution in [0.3, 0.4) is 0 Å². The fraction of sp³-hybridized carbons (Fsp3) is 0.372. The van der Waals surface area contributed by atoms with E-state index in [9.17, 15) is 19.2 Å². The fourth-order valence-corrected chi connectivity index (χ4v) is 9.45. The highest BCUT2D eigenvalue weighted by atomic mass is 19.1. The average molecular weight is 804 g/mol. The molecule has 59 heavy (non-hydrogen) atoms. The van der Waals surface area contributed by atoms with Crippen molar-refractivity contribution in [2.45, 2.75) is 76.3 Å². The molecule has 0 radical (unpaired) electrons. The van der Waals surface area contributed by atoms with Crippen molar-refractivity contribution in [3.05, 3.63) is 90.0 Å². The van der Waals surface area contributed by atoms with Crippen LogP contribution in [-0.4, -0.2) is 97.1 Å². The number of anilines is 2. The van der Waals surface area contributed by atoms with Gasteiger partial charge >= 0.3 is 0 Å². The predicted molar refractivity (Wildman–Crippen MR) is 214 cm³/mol. The highest BCUT2D eigenvalue weighted by Crippen LogP contribution is 2.41. The van der Waals surface area contributed by atoms with Gasteiger partial charge in [-0.05, 0) is 94.0 Å². The highest BCUT2D eigenvalue weighted by molar-refractivity contribution is 6.23. The van der Waals surface area contributed by atoms with Crippen molar-refractivity contribution in [2.75, 3.05) is 30.3 Å². The predicted octanol–water partition coefficient (Wildman–Crippen LogP) is 5.69. The molecule has 3 N–H and O–H groups in total. The Labute approximate surface area is 338 Å². The fourth-order valence-electron chi connectivity index (χ4n) is 9.45. The third-order valence-corrected chi connectivity index (χ3v) is 12.1. The molecular weight excluding hydrogens is 761 g/mol. The van der Waals surface area contributed by atoms with Crippen LogP contribution in [0.15, 0.2) is 73.1 Å². The molecule has 9 rings (SSSR count). The number of nitrogens with zero attached hydrogens (tertiary/aromatic N) is 7.